The van der Waals surface area contributed by atoms with E-state index in [1.54, 1.807) is 43.1 Å². The van der Waals surface area contributed by atoms with Crippen molar-refractivity contribution >= 4 is 21.7 Å². The lowest BCUT2D eigenvalue weighted by molar-refractivity contribution is 0.0696. The number of aryl methyl sites for hydroxylation is 2. The van der Waals surface area contributed by atoms with Gasteiger partial charge in [-0.3, -0.25) is 9.52 Å². The second-order valence-electron chi connectivity index (χ2n) is 8.68. The van der Waals surface area contributed by atoms with Crippen LogP contribution in [0.15, 0.2) is 59.5 Å². The zero-order chi connectivity index (χ0) is 23.6. The van der Waals surface area contributed by atoms with Crippen LogP contribution >= 0.6 is 0 Å². The first-order chi connectivity index (χ1) is 15.8. The Kier molecular flexibility index (Phi) is 6.56. The molecule has 0 radical (unpaired) electrons. The summed E-state index contributed by atoms with van der Waals surface area (Å²) in [6.07, 6.45) is 5.29. The molecular weight excluding hydrogens is 436 g/mol. The van der Waals surface area contributed by atoms with Crippen LogP contribution in [0.4, 0.5) is 5.82 Å². The van der Waals surface area contributed by atoms with E-state index in [2.05, 4.69) is 9.82 Å². The second kappa shape index (κ2) is 9.39. The van der Waals surface area contributed by atoms with Crippen molar-refractivity contribution in [1.29, 1.82) is 0 Å². The van der Waals surface area contributed by atoms with E-state index in [9.17, 15) is 13.2 Å². The monoisotopic (exact) mass is 466 g/mol. The van der Waals surface area contributed by atoms with Gasteiger partial charge in [-0.1, -0.05) is 55.2 Å². The van der Waals surface area contributed by atoms with Crippen LogP contribution in [0.3, 0.4) is 0 Å². The number of benzene rings is 2. The molecule has 1 aliphatic carbocycles. The molecule has 4 rings (SSSR count). The molecule has 1 saturated carbocycles. The number of para-hydroxylation sites is 1. The van der Waals surface area contributed by atoms with Crippen molar-refractivity contribution in [3.8, 4) is 5.69 Å². The maximum Gasteiger partial charge on any atom is 0.263 e. The molecule has 1 aromatic heterocycles. The first-order valence-electron chi connectivity index (χ1n) is 11.3. The number of nitrogens with zero attached hydrogens (tertiary/aromatic N) is 3. The number of carbonyl (C=O) groups is 1. The van der Waals surface area contributed by atoms with Gasteiger partial charge in [0.1, 0.15) is 5.56 Å². The first kappa shape index (κ1) is 23.0. The normalized spacial score (nSPS) is 14.8. The number of rotatable bonds is 6. The maximum atomic E-state index is 13.6. The molecule has 1 aliphatic rings. The minimum absolute atomic E-state index is 0.130. The van der Waals surface area contributed by atoms with Crippen molar-refractivity contribution in [2.45, 2.75) is 56.9 Å². The standard InChI is InChI=1S/C25H30N4O3S/c1-18-14-16-22(17-15-18)33(31,32)27-24-23(25(30)28(3)20-10-6-4-7-11-20)19(2)26-29(24)21-12-8-5-9-13-21/h5,8-9,12-17,20,27H,4,6-7,10-11H2,1-3H3. The number of hydrogen-bond donors (Lipinski definition) is 1. The van der Waals surface area contributed by atoms with Gasteiger partial charge in [-0.25, -0.2) is 13.1 Å². The fourth-order valence-electron chi connectivity index (χ4n) is 4.35. The average molecular weight is 467 g/mol. The Labute approximate surface area is 195 Å². The molecule has 33 heavy (non-hydrogen) atoms. The number of aromatic nitrogens is 2. The Morgan fingerprint density at radius 2 is 1.64 bits per heavy atom. The highest BCUT2D eigenvalue weighted by atomic mass is 32.2. The Morgan fingerprint density at radius 1 is 1.00 bits per heavy atom. The molecule has 8 heteroatoms. The van der Waals surface area contributed by atoms with E-state index in [0.29, 0.717) is 11.4 Å². The Balaban J connectivity index is 1.79. The van der Waals surface area contributed by atoms with Crippen LogP contribution in [0.25, 0.3) is 5.69 Å². The minimum Gasteiger partial charge on any atom is -0.339 e. The Morgan fingerprint density at radius 3 is 2.27 bits per heavy atom. The van der Waals surface area contributed by atoms with E-state index in [-0.39, 0.29) is 28.2 Å². The third kappa shape index (κ3) is 4.80. The van der Waals surface area contributed by atoms with E-state index in [0.717, 1.165) is 31.2 Å². The molecule has 7 nitrogen and oxygen atoms in total. The lowest BCUT2D eigenvalue weighted by atomic mass is 9.94. The van der Waals surface area contributed by atoms with Gasteiger partial charge in [-0.15, -0.1) is 0 Å². The Bertz CT molecular complexity index is 1230. The van der Waals surface area contributed by atoms with E-state index in [1.165, 1.54) is 11.1 Å². The minimum atomic E-state index is -3.94. The number of amides is 1. The van der Waals surface area contributed by atoms with Gasteiger partial charge in [0.25, 0.3) is 15.9 Å². The van der Waals surface area contributed by atoms with Gasteiger partial charge in [0, 0.05) is 13.1 Å². The summed E-state index contributed by atoms with van der Waals surface area (Å²) >= 11 is 0. The highest BCUT2D eigenvalue weighted by Crippen LogP contribution is 2.30. The average Bonchev–Trinajstić information content (AvgIpc) is 3.14. The molecule has 1 heterocycles. The summed E-state index contributed by atoms with van der Waals surface area (Å²) in [5.74, 6) is -0.0601. The molecule has 174 valence electrons. The second-order valence-corrected chi connectivity index (χ2v) is 10.4. The van der Waals surface area contributed by atoms with Crippen LogP contribution in [0.5, 0.6) is 0 Å². The fraction of sp³-hybridized carbons (Fsp3) is 0.360. The highest BCUT2D eigenvalue weighted by Gasteiger charge is 2.31. The van der Waals surface area contributed by atoms with E-state index in [4.69, 9.17) is 0 Å². The molecule has 0 atom stereocenters. The molecule has 0 saturated heterocycles. The summed E-state index contributed by atoms with van der Waals surface area (Å²) < 4.78 is 30.7. The summed E-state index contributed by atoms with van der Waals surface area (Å²) in [5, 5.41) is 4.56. The van der Waals surface area contributed by atoms with E-state index in [1.807, 2.05) is 37.3 Å². The lowest BCUT2D eigenvalue weighted by Gasteiger charge is -2.31. The summed E-state index contributed by atoms with van der Waals surface area (Å²) in [7, 11) is -2.13. The Hall–Kier alpha value is -3.13. The molecule has 0 bridgehead atoms. The SMILES string of the molecule is Cc1ccc(S(=O)(=O)Nc2c(C(=O)N(C)C3CCCCC3)c(C)nn2-c2ccccc2)cc1. The van der Waals surface area contributed by atoms with Gasteiger partial charge in [0.2, 0.25) is 0 Å². The number of nitrogens with one attached hydrogen (secondary N) is 1. The van der Waals surface area contributed by atoms with Crippen LogP contribution in [0, 0.1) is 13.8 Å². The zero-order valence-electron chi connectivity index (χ0n) is 19.3. The maximum absolute atomic E-state index is 13.6. The van der Waals surface area contributed by atoms with Crippen LogP contribution in [0.2, 0.25) is 0 Å². The van der Waals surface area contributed by atoms with Gasteiger partial charge < -0.3 is 4.90 Å². The number of carbonyl (C=O) groups excluding carboxylic acids is 1. The molecule has 0 aliphatic heterocycles. The summed E-state index contributed by atoms with van der Waals surface area (Å²) in [6.45, 7) is 3.64. The van der Waals surface area contributed by atoms with Gasteiger partial charge in [0.15, 0.2) is 5.82 Å². The van der Waals surface area contributed by atoms with Crippen molar-refractivity contribution in [2.24, 2.45) is 0 Å². The number of hydrogen-bond acceptors (Lipinski definition) is 4. The molecule has 0 spiro atoms. The zero-order valence-corrected chi connectivity index (χ0v) is 20.1. The van der Waals surface area contributed by atoms with Crippen LogP contribution in [-0.2, 0) is 10.0 Å². The highest BCUT2D eigenvalue weighted by molar-refractivity contribution is 7.92. The quantitative estimate of drug-likeness (QED) is 0.571. The molecule has 1 fully saturated rings. The van der Waals surface area contributed by atoms with Crippen LogP contribution in [0.1, 0.15) is 53.7 Å². The van der Waals surface area contributed by atoms with Crippen molar-refractivity contribution in [3.63, 3.8) is 0 Å². The van der Waals surface area contributed by atoms with E-state index < -0.39 is 10.0 Å². The predicted molar refractivity (Wildman–Crippen MR) is 129 cm³/mol. The van der Waals surface area contributed by atoms with Crippen molar-refractivity contribution in [3.05, 3.63) is 71.4 Å². The molecule has 2 aromatic carbocycles. The van der Waals surface area contributed by atoms with Crippen molar-refractivity contribution in [1.82, 2.24) is 14.7 Å². The van der Waals surface area contributed by atoms with Gasteiger partial charge >= 0.3 is 0 Å². The molecule has 1 N–H and O–H groups in total. The fourth-order valence-corrected chi connectivity index (χ4v) is 5.40. The first-order valence-corrected chi connectivity index (χ1v) is 12.8. The number of anilines is 1. The van der Waals surface area contributed by atoms with E-state index >= 15 is 0 Å². The summed E-state index contributed by atoms with van der Waals surface area (Å²) in [4.78, 5) is 15.5. The molecule has 1 amide bonds. The van der Waals surface area contributed by atoms with Crippen LogP contribution in [-0.4, -0.2) is 42.1 Å². The smallest absolute Gasteiger partial charge is 0.263 e. The van der Waals surface area contributed by atoms with Gasteiger partial charge in [-0.05, 0) is 51.0 Å². The molecular formula is C25H30N4O3S. The third-order valence-electron chi connectivity index (χ3n) is 6.28. The largest absolute Gasteiger partial charge is 0.339 e. The van der Waals surface area contributed by atoms with Gasteiger partial charge in [-0.2, -0.15) is 5.10 Å². The summed E-state index contributed by atoms with van der Waals surface area (Å²) in [5.41, 5.74) is 2.39. The van der Waals surface area contributed by atoms with Gasteiger partial charge in [0.05, 0.1) is 16.3 Å². The van der Waals surface area contributed by atoms with Crippen LogP contribution < -0.4 is 4.72 Å². The lowest BCUT2D eigenvalue weighted by Crippen LogP contribution is -2.38. The van der Waals surface area contributed by atoms with Crippen molar-refractivity contribution < 1.29 is 13.2 Å². The molecule has 0 unspecified atom stereocenters. The van der Waals surface area contributed by atoms with Crippen molar-refractivity contribution in [2.75, 3.05) is 11.8 Å². The topological polar surface area (TPSA) is 84.3 Å². The summed E-state index contributed by atoms with van der Waals surface area (Å²) in [6, 6.07) is 16.0. The third-order valence-corrected chi connectivity index (χ3v) is 7.63. The molecule has 3 aromatic rings. The predicted octanol–water partition coefficient (Wildman–Crippen LogP) is 4.69. The number of sulfonamides is 1.